The minimum Gasteiger partial charge on any atom is -0.487 e. The molecule has 0 radical (unpaired) electrons. The quantitative estimate of drug-likeness (QED) is 0.515. The lowest BCUT2D eigenvalue weighted by atomic mass is 10.1. The van der Waals surface area contributed by atoms with Crippen molar-refractivity contribution < 1.29 is 23.1 Å². The first kappa shape index (κ1) is 17.1. The third-order valence-electron chi connectivity index (χ3n) is 3.79. The predicted octanol–water partition coefficient (Wildman–Crippen LogP) is 4.02. The number of hydrogen-bond donors (Lipinski definition) is 0. The first-order valence-corrected chi connectivity index (χ1v) is 7.81. The number of ether oxygens (including phenoxy) is 2. The lowest BCUT2D eigenvalue weighted by molar-refractivity contribution is 0.0563. The van der Waals surface area contributed by atoms with Gasteiger partial charge in [-0.2, -0.15) is 0 Å². The second-order valence-corrected chi connectivity index (χ2v) is 5.91. The molecule has 25 heavy (non-hydrogen) atoms. The molecule has 0 bridgehead atoms. The third kappa shape index (κ3) is 3.39. The molecule has 2 heterocycles. The van der Waals surface area contributed by atoms with Crippen molar-refractivity contribution >= 4 is 28.5 Å². The van der Waals surface area contributed by atoms with Gasteiger partial charge >= 0.3 is 11.6 Å². The van der Waals surface area contributed by atoms with Crippen molar-refractivity contribution in [2.75, 3.05) is 7.11 Å². The summed E-state index contributed by atoms with van der Waals surface area (Å²) in [4.78, 5) is 23.0. The number of hydrogen-bond acceptors (Lipinski definition) is 6. The molecule has 0 spiro atoms. The number of halogens is 1. The summed E-state index contributed by atoms with van der Waals surface area (Å²) in [6.07, 6.45) is 0. The van der Waals surface area contributed by atoms with Crippen molar-refractivity contribution in [3.63, 3.8) is 0 Å². The minimum absolute atomic E-state index is 0.102. The molecule has 0 unspecified atom stereocenters. The van der Waals surface area contributed by atoms with Crippen molar-refractivity contribution in [2.24, 2.45) is 0 Å². The summed E-state index contributed by atoms with van der Waals surface area (Å²) in [5, 5.41) is 1.13. The van der Waals surface area contributed by atoms with E-state index in [1.807, 2.05) is 0 Å². The van der Waals surface area contributed by atoms with Crippen LogP contribution in [0.3, 0.4) is 0 Å². The van der Waals surface area contributed by atoms with Crippen LogP contribution in [0.4, 0.5) is 0 Å². The van der Waals surface area contributed by atoms with Gasteiger partial charge in [0.05, 0.1) is 12.1 Å². The van der Waals surface area contributed by atoms with Gasteiger partial charge in [0, 0.05) is 23.1 Å². The Morgan fingerprint density at radius 3 is 2.64 bits per heavy atom. The fourth-order valence-corrected chi connectivity index (χ4v) is 2.67. The summed E-state index contributed by atoms with van der Waals surface area (Å²) in [6.45, 7) is 3.66. The number of methoxy groups -OCH3 is 1. The number of esters is 1. The van der Waals surface area contributed by atoms with Gasteiger partial charge in [0.25, 0.3) is 0 Å². The summed E-state index contributed by atoms with van der Waals surface area (Å²) in [5.41, 5.74) is 1.41. The van der Waals surface area contributed by atoms with E-state index in [0.717, 1.165) is 10.9 Å². The standard InChI is InChI=1S/C18H15ClO6/c1-9-4-17(20)25-14-7-15(13(19)6-12(9)14)23-8-11-5-16(18(21)22-3)24-10(11)2/h4-7H,8H2,1-3H3. The minimum atomic E-state index is -0.560. The van der Waals surface area contributed by atoms with Crippen molar-refractivity contribution in [1.82, 2.24) is 0 Å². The van der Waals surface area contributed by atoms with Crippen molar-refractivity contribution in [2.45, 2.75) is 20.5 Å². The number of carbonyl (C=O) groups excluding carboxylic acids is 1. The molecule has 6 nitrogen and oxygen atoms in total. The van der Waals surface area contributed by atoms with Crippen LogP contribution in [0.2, 0.25) is 5.02 Å². The maximum Gasteiger partial charge on any atom is 0.373 e. The van der Waals surface area contributed by atoms with Crippen LogP contribution in [0.25, 0.3) is 11.0 Å². The molecule has 0 saturated heterocycles. The maximum atomic E-state index is 11.5. The van der Waals surface area contributed by atoms with E-state index in [0.29, 0.717) is 27.7 Å². The zero-order valence-corrected chi connectivity index (χ0v) is 14.6. The fraction of sp³-hybridized carbons (Fsp3) is 0.222. The molecule has 7 heteroatoms. The topological polar surface area (TPSA) is 78.9 Å². The summed E-state index contributed by atoms with van der Waals surface area (Å²) >= 11 is 6.26. The van der Waals surface area contributed by atoms with Gasteiger partial charge in [0.15, 0.2) is 0 Å². The number of aryl methyl sites for hydroxylation is 2. The molecule has 3 aromatic rings. The summed E-state index contributed by atoms with van der Waals surface area (Å²) in [5.74, 6) is 0.447. The van der Waals surface area contributed by atoms with Crippen LogP contribution < -0.4 is 10.4 Å². The normalized spacial score (nSPS) is 10.9. The lowest BCUT2D eigenvalue weighted by Gasteiger charge is -2.09. The van der Waals surface area contributed by atoms with Gasteiger partial charge in [-0.3, -0.25) is 0 Å². The van der Waals surface area contributed by atoms with Crippen LogP contribution >= 0.6 is 11.6 Å². The second kappa shape index (κ2) is 6.64. The van der Waals surface area contributed by atoms with Gasteiger partial charge in [-0.1, -0.05) is 11.6 Å². The maximum absolute atomic E-state index is 11.5. The zero-order valence-electron chi connectivity index (χ0n) is 13.8. The highest BCUT2D eigenvalue weighted by Gasteiger charge is 2.16. The Morgan fingerprint density at radius 2 is 1.92 bits per heavy atom. The smallest absolute Gasteiger partial charge is 0.373 e. The average Bonchev–Trinajstić information content (AvgIpc) is 2.94. The molecule has 3 rings (SSSR count). The molecular weight excluding hydrogens is 348 g/mol. The Labute approximate surface area is 147 Å². The van der Waals surface area contributed by atoms with Crippen LogP contribution in [0.1, 0.15) is 27.4 Å². The van der Waals surface area contributed by atoms with E-state index in [-0.39, 0.29) is 12.4 Å². The largest absolute Gasteiger partial charge is 0.487 e. The van der Waals surface area contributed by atoms with Gasteiger partial charge in [-0.15, -0.1) is 0 Å². The first-order valence-electron chi connectivity index (χ1n) is 7.43. The fourth-order valence-electron chi connectivity index (χ4n) is 2.45. The van der Waals surface area contributed by atoms with Gasteiger partial charge in [0.2, 0.25) is 5.76 Å². The highest BCUT2D eigenvalue weighted by Crippen LogP contribution is 2.32. The van der Waals surface area contributed by atoms with Crippen molar-refractivity contribution in [3.8, 4) is 5.75 Å². The predicted molar refractivity (Wildman–Crippen MR) is 91.3 cm³/mol. The van der Waals surface area contributed by atoms with Crippen LogP contribution in [0.5, 0.6) is 5.75 Å². The molecule has 130 valence electrons. The molecule has 0 aliphatic rings. The van der Waals surface area contributed by atoms with Crippen LogP contribution in [0, 0.1) is 13.8 Å². The van der Waals surface area contributed by atoms with Crippen LogP contribution in [-0.2, 0) is 11.3 Å². The molecule has 0 aliphatic carbocycles. The zero-order chi connectivity index (χ0) is 18.1. The number of fused-ring (bicyclic) bond motifs is 1. The van der Waals surface area contributed by atoms with E-state index in [9.17, 15) is 9.59 Å². The molecular formula is C18H15ClO6. The molecule has 0 aliphatic heterocycles. The highest BCUT2D eigenvalue weighted by atomic mass is 35.5. The number of benzene rings is 1. The monoisotopic (exact) mass is 362 g/mol. The van der Waals surface area contributed by atoms with E-state index in [1.165, 1.54) is 13.2 Å². The van der Waals surface area contributed by atoms with Gasteiger partial charge in [0.1, 0.15) is 23.7 Å². The van der Waals surface area contributed by atoms with Crippen LogP contribution in [-0.4, -0.2) is 13.1 Å². The third-order valence-corrected chi connectivity index (χ3v) is 4.09. The number of furan rings is 1. The molecule has 0 N–H and O–H groups in total. The van der Waals surface area contributed by atoms with E-state index < -0.39 is 11.6 Å². The Balaban J connectivity index is 1.89. The molecule has 2 aromatic heterocycles. The Morgan fingerprint density at radius 1 is 1.16 bits per heavy atom. The molecule has 0 amide bonds. The Bertz CT molecular complexity index is 1010. The molecule has 0 fully saturated rings. The van der Waals surface area contributed by atoms with Gasteiger partial charge in [-0.05, 0) is 31.5 Å². The number of rotatable bonds is 4. The summed E-state index contributed by atoms with van der Waals surface area (Å²) in [6, 6.07) is 6.22. The molecule has 1 aromatic carbocycles. The van der Waals surface area contributed by atoms with E-state index in [2.05, 4.69) is 4.74 Å². The molecule has 0 saturated carbocycles. The second-order valence-electron chi connectivity index (χ2n) is 5.50. The van der Waals surface area contributed by atoms with Crippen LogP contribution in [0.15, 0.2) is 37.9 Å². The van der Waals surface area contributed by atoms with Gasteiger partial charge < -0.3 is 18.3 Å². The van der Waals surface area contributed by atoms with Gasteiger partial charge in [-0.25, -0.2) is 9.59 Å². The van der Waals surface area contributed by atoms with E-state index in [4.69, 9.17) is 25.2 Å². The van der Waals surface area contributed by atoms with E-state index >= 15 is 0 Å². The SMILES string of the molecule is COC(=O)c1cc(COc2cc3oc(=O)cc(C)c3cc2Cl)c(C)o1. The molecule has 0 atom stereocenters. The van der Waals surface area contributed by atoms with Crippen molar-refractivity contribution in [1.29, 1.82) is 0 Å². The first-order chi connectivity index (χ1) is 11.9. The summed E-state index contributed by atoms with van der Waals surface area (Å²) < 4.78 is 20.9. The average molecular weight is 363 g/mol. The lowest BCUT2D eigenvalue weighted by Crippen LogP contribution is -2.00. The Hall–Kier alpha value is -2.73. The van der Waals surface area contributed by atoms with Crippen molar-refractivity contribution in [3.05, 3.63) is 62.4 Å². The highest BCUT2D eigenvalue weighted by molar-refractivity contribution is 6.32. The number of carbonyl (C=O) groups is 1. The van der Waals surface area contributed by atoms with E-state index in [1.54, 1.807) is 32.0 Å². The summed E-state index contributed by atoms with van der Waals surface area (Å²) in [7, 11) is 1.28. The Kier molecular flexibility index (Phi) is 4.55.